The van der Waals surface area contributed by atoms with Crippen molar-refractivity contribution >= 4 is 66.5 Å². The molecule has 67 heavy (non-hydrogen) atoms. The van der Waals surface area contributed by atoms with Crippen molar-refractivity contribution < 1.29 is 30.2 Å². The predicted molar refractivity (Wildman–Crippen MR) is 273 cm³/mol. The van der Waals surface area contributed by atoms with Gasteiger partial charge >= 0.3 is 0 Å². The van der Waals surface area contributed by atoms with Gasteiger partial charge in [-0.05, 0) is 110 Å². The van der Waals surface area contributed by atoms with E-state index in [1.165, 1.54) is 16.7 Å². The van der Waals surface area contributed by atoms with E-state index in [0.717, 1.165) is 83.4 Å². The van der Waals surface area contributed by atoms with Gasteiger partial charge in [-0.25, -0.2) is 4.98 Å². The van der Waals surface area contributed by atoms with Crippen LogP contribution >= 0.6 is 0 Å². The van der Waals surface area contributed by atoms with Crippen molar-refractivity contribution in [3.63, 3.8) is 0 Å². The van der Waals surface area contributed by atoms with Crippen molar-refractivity contribution in [3.8, 4) is 28.4 Å². The summed E-state index contributed by atoms with van der Waals surface area (Å²) in [6.07, 6.45) is 1.91. The van der Waals surface area contributed by atoms with Crippen molar-refractivity contribution in [2.45, 2.75) is 78.6 Å². The fourth-order valence-corrected chi connectivity index (χ4v) is 9.19. The van der Waals surface area contributed by atoms with Gasteiger partial charge in [0.15, 0.2) is 0 Å². The summed E-state index contributed by atoms with van der Waals surface area (Å²) in [6, 6.07) is 58.7. The van der Waals surface area contributed by atoms with E-state index in [1.807, 2.05) is 36.5 Å². The van der Waals surface area contributed by atoms with Crippen LogP contribution < -0.4 is 14.5 Å². The number of benzene rings is 7. The molecule has 0 amide bonds. The zero-order chi connectivity index (χ0) is 45.7. The molecule has 0 aliphatic carbocycles. The summed E-state index contributed by atoms with van der Waals surface area (Å²) in [7, 11) is 0. The topological polar surface area (TPSA) is 46.7 Å². The maximum atomic E-state index is 6.71. The molecule has 3 aromatic heterocycles. The first-order valence-corrected chi connectivity index (χ1v) is 22.8. The SMILES string of the molecule is CC(C)(C)c1cc(N2[CH-]N(c3[c-]c(Oc4[c-]c5c(cc4)c4cc(-c6ccc7c(c6)oc6ccccc67)ccc4n5-c4cc(C(C)(C)C)ccn4)ccc3)c3ccccc32)cc(C(C)(C)C)c1.[Pt]. The smallest absolute Gasteiger partial charge is 0.136 e. The summed E-state index contributed by atoms with van der Waals surface area (Å²) in [5.74, 6) is 2.01. The average Bonchev–Trinajstić information content (AvgIpc) is 3.97. The van der Waals surface area contributed by atoms with Crippen molar-refractivity contribution in [1.29, 1.82) is 0 Å². The predicted octanol–water partition coefficient (Wildman–Crippen LogP) is 16.4. The van der Waals surface area contributed by atoms with Gasteiger partial charge in [-0.3, -0.25) is 0 Å². The zero-order valence-corrected chi connectivity index (χ0v) is 41.7. The number of ether oxygens (including phenoxy) is 1. The third-order valence-electron chi connectivity index (χ3n) is 13.0. The molecule has 0 spiro atoms. The molecule has 0 bridgehead atoms. The van der Waals surface area contributed by atoms with Gasteiger partial charge in [0.1, 0.15) is 17.0 Å². The van der Waals surface area contributed by atoms with Crippen LogP contribution in [0.4, 0.5) is 22.7 Å². The second-order valence-corrected chi connectivity index (χ2v) is 20.7. The van der Waals surface area contributed by atoms with E-state index in [4.69, 9.17) is 14.1 Å². The summed E-state index contributed by atoms with van der Waals surface area (Å²) in [5.41, 5.74) is 13.8. The molecule has 0 radical (unpaired) electrons. The number of furan rings is 1. The number of hydrogen-bond donors (Lipinski definition) is 0. The van der Waals surface area contributed by atoms with Crippen LogP contribution in [0.5, 0.6) is 11.5 Å². The molecule has 338 valence electrons. The molecule has 0 saturated heterocycles. The van der Waals surface area contributed by atoms with Crippen molar-refractivity contribution in [1.82, 2.24) is 9.55 Å². The zero-order valence-electron chi connectivity index (χ0n) is 39.4. The monoisotopic (exact) mass is 1060 g/mol. The Morgan fingerprint density at radius 1 is 0.522 bits per heavy atom. The van der Waals surface area contributed by atoms with Gasteiger partial charge in [0.2, 0.25) is 0 Å². The molecular weight excluding hydrogens is 1000 g/mol. The first-order valence-electron chi connectivity index (χ1n) is 22.8. The number of para-hydroxylation sites is 3. The number of rotatable bonds is 6. The van der Waals surface area contributed by atoms with Crippen molar-refractivity contribution in [2.75, 3.05) is 9.80 Å². The summed E-state index contributed by atoms with van der Waals surface area (Å²) in [6.45, 7) is 22.6. The summed E-state index contributed by atoms with van der Waals surface area (Å²) in [5, 5.41) is 4.39. The first-order chi connectivity index (χ1) is 31.6. The molecule has 7 aromatic carbocycles. The second-order valence-electron chi connectivity index (χ2n) is 20.7. The van der Waals surface area contributed by atoms with Crippen molar-refractivity contribution in [2.24, 2.45) is 0 Å². The molecule has 1 aliphatic heterocycles. The Hall–Kier alpha value is -6.62. The maximum Gasteiger partial charge on any atom is 0.136 e. The van der Waals surface area contributed by atoms with Crippen LogP contribution in [0.3, 0.4) is 0 Å². The van der Waals surface area contributed by atoms with E-state index in [0.29, 0.717) is 11.5 Å². The van der Waals surface area contributed by atoms with Crippen LogP contribution in [0.2, 0.25) is 0 Å². The molecule has 0 fully saturated rings. The van der Waals surface area contributed by atoms with Crippen LogP contribution in [0.15, 0.2) is 156 Å². The number of pyridine rings is 1. The van der Waals surface area contributed by atoms with Crippen LogP contribution in [-0.4, -0.2) is 9.55 Å². The molecule has 0 atom stereocenters. The van der Waals surface area contributed by atoms with Gasteiger partial charge in [-0.2, -0.15) is 12.1 Å². The number of aromatic nitrogens is 2. The molecule has 10 aromatic rings. The molecule has 1 aliphatic rings. The number of anilines is 4. The Labute approximate surface area is 408 Å². The third-order valence-corrected chi connectivity index (χ3v) is 13.0. The van der Waals surface area contributed by atoms with Gasteiger partial charge < -0.3 is 23.5 Å². The van der Waals surface area contributed by atoms with Gasteiger partial charge in [0, 0.05) is 72.1 Å². The molecular formula is C60H53N4O2Pt-3. The van der Waals surface area contributed by atoms with E-state index < -0.39 is 0 Å². The molecule has 0 N–H and O–H groups in total. The van der Waals surface area contributed by atoms with E-state index in [2.05, 4.69) is 211 Å². The number of nitrogens with zero attached hydrogens (tertiary/aromatic N) is 4. The summed E-state index contributed by atoms with van der Waals surface area (Å²) < 4.78 is 15.2. The Kier molecular flexibility index (Phi) is 10.8. The summed E-state index contributed by atoms with van der Waals surface area (Å²) >= 11 is 0. The minimum atomic E-state index is -0.0616. The minimum Gasteiger partial charge on any atom is -0.509 e. The molecule has 11 rings (SSSR count). The molecule has 0 saturated carbocycles. The second kappa shape index (κ2) is 16.3. The molecule has 0 unspecified atom stereocenters. The minimum absolute atomic E-state index is 0. The standard InChI is InChI=1S/C60H53N4O2.Pt/c1-58(2,3)40-27-28-61-57(34-40)64-51-26-22-38(39-21-24-49-48-17-10-13-20-55(48)66-56(49)30-39)29-50(51)47-25-23-46(36-54(47)64)65-45-16-14-15-43(35-45)62-37-63(53-19-12-11-18-52(53)62)44-32-41(59(4,5)6)31-42(33-44)60(7,8)9;/h10-34,37H,1-9H3;/q-3;. The third kappa shape index (κ3) is 7.99. The fourth-order valence-electron chi connectivity index (χ4n) is 9.19. The van der Waals surface area contributed by atoms with Crippen LogP contribution in [-0.2, 0) is 37.3 Å². The Morgan fingerprint density at radius 3 is 1.91 bits per heavy atom. The normalized spacial score (nSPS) is 13.2. The van der Waals surface area contributed by atoms with Crippen LogP contribution in [0.25, 0.3) is 60.7 Å². The Bertz CT molecular complexity index is 3490. The van der Waals surface area contributed by atoms with E-state index >= 15 is 0 Å². The van der Waals surface area contributed by atoms with Crippen molar-refractivity contribution in [3.05, 3.63) is 187 Å². The average molecular weight is 1060 g/mol. The van der Waals surface area contributed by atoms with Gasteiger partial charge in [0.25, 0.3) is 0 Å². The number of fused-ring (bicyclic) bond motifs is 7. The Balaban J connectivity index is 0.00000525. The van der Waals surface area contributed by atoms with Gasteiger partial charge in [0.05, 0.1) is 0 Å². The fraction of sp³-hybridized carbons (Fsp3) is 0.200. The summed E-state index contributed by atoms with van der Waals surface area (Å²) in [4.78, 5) is 9.45. The van der Waals surface area contributed by atoms with Gasteiger partial charge in [-0.1, -0.05) is 122 Å². The molecule has 4 heterocycles. The van der Waals surface area contributed by atoms with E-state index in [1.54, 1.807) is 0 Å². The number of hydrogen-bond acceptors (Lipinski definition) is 5. The first kappa shape index (κ1) is 44.2. The molecule has 6 nitrogen and oxygen atoms in total. The van der Waals surface area contributed by atoms with E-state index in [-0.39, 0.29) is 37.3 Å². The Morgan fingerprint density at radius 2 is 1.16 bits per heavy atom. The largest absolute Gasteiger partial charge is 0.509 e. The maximum absolute atomic E-state index is 6.71. The quantitative estimate of drug-likeness (QED) is 0.155. The van der Waals surface area contributed by atoms with E-state index in [9.17, 15) is 0 Å². The van der Waals surface area contributed by atoms with Crippen LogP contribution in [0.1, 0.15) is 79.0 Å². The van der Waals surface area contributed by atoms with Gasteiger partial charge in [-0.15, -0.1) is 48.1 Å². The molecule has 7 heteroatoms. The van der Waals surface area contributed by atoms with Crippen LogP contribution in [0, 0.1) is 18.8 Å².